The minimum Gasteiger partial charge on any atom is -0.478 e. The number of hydrogen-bond donors (Lipinski definition) is 2. The van der Waals surface area contributed by atoms with Gasteiger partial charge in [0.2, 0.25) is 0 Å². The summed E-state index contributed by atoms with van der Waals surface area (Å²) in [6.07, 6.45) is 1.96. The molecule has 21 heavy (non-hydrogen) atoms. The Kier molecular flexibility index (Phi) is 6.88. The third-order valence-corrected chi connectivity index (χ3v) is 3.50. The van der Waals surface area contributed by atoms with Gasteiger partial charge in [-0.1, -0.05) is 0 Å². The number of carboxylic acid groups (broad SMARTS) is 1. The van der Waals surface area contributed by atoms with E-state index < -0.39 is 5.97 Å². The Bertz CT molecular complexity index is 469. The zero-order valence-electron chi connectivity index (χ0n) is 12.9. The van der Waals surface area contributed by atoms with Gasteiger partial charge in [0.15, 0.2) is 0 Å². The van der Waals surface area contributed by atoms with Crippen molar-refractivity contribution in [2.24, 2.45) is 0 Å². The zero-order chi connectivity index (χ0) is 15.8. The highest BCUT2D eigenvalue weighted by Gasteiger charge is 2.07. The monoisotopic (exact) mass is 292 g/mol. The zero-order valence-corrected chi connectivity index (χ0v) is 12.9. The highest BCUT2D eigenvalue weighted by atomic mass is 16.4. The molecule has 2 N–H and O–H groups in total. The van der Waals surface area contributed by atoms with Crippen LogP contribution in [-0.4, -0.2) is 48.1 Å². The van der Waals surface area contributed by atoms with Crippen LogP contribution in [0.1, 0.15) is 47.4 Å². The molecule has 5 heteroatoms. The van der Waals surface area contributed by atoms with Crippen molar-refractivity contribution in [1.82, 2.24) is 10.2 Å². The molecule has 0 radical (unpaired) electrons. The topological polar surface area (TPSA) is 69.6 Å². The van der Waals surface area contributed by atoms with Crippen molar-refractivity contribution in [2.45, 2.75) is 32.7 Å². The second kappa shape index (κ2) is 8.42. The quantitative estimate of drug-likeness (QED) is 0.721. The van der Waals surface area contributed by atoms with Crippen LogP contribution < -0.4 is 5.32 Å². The van der Waals surface area contributed by atoms with Crippen LogP contribution in [0.25, 0.3) is 0 Å². The molecule has 0 bridgehead atoms. The predicted octanol–water partition coefficient (Wildman–Crippen LogP) is 2.24. The summed E-state index contributed by atoms with van der Waals surface area (Å²) in [5.41, 5.74) is 0.669. The average molecular weight is 292 g/mol. The Balaban J connectivity index is 2.29. The first kappa shape index (κ1) is 17.2. The fourth-order valence-electron chi connectivity index (χ4n) is 1.81. The van der Waals surface area contributed by atoms with Gasteiger partial charge in [-0.15, -0.1) is 0 Å². The lowest BCUT2D eigenvalue weighted by Gasteiger charge is -2.20. The second-order valence-corrected chi connectivity index (χ2v) is 5.42. The summed E-state index contributed by atoms with van der Waals surface area (Å²) < 4.78 is 0. The van der Waals surface area contributed by atoms with Gasteiger partial charge in [-0.3, -0.25) is 4.79 Å². The van der Waals surface area contributed by atoms with E-state index in [0.29, 0.717) is 18.2 Å². The number of carbonyl (C=O) groups is 2. The number of hydrogen-bond acceptors (Lipinski definition) is 3. The van der Waals surface area contributed by atoms with Crippen molar-refractivity contribution in [2.75, 3.05) is 20.1 Å². The van der Waals surface area contributed by atoms with Crippen molar-refractivity contribution < 1.29 is 14.7 Å². The van der Waals surface area contributed by atoms with Crippen molar-refractivity contribution in [1.29, 1.82) is 0 Å². The summed E-state index contributed by atoms with van der Waals surface area (Å²) >= 11 is 0. The van der Waals surface area contributed by atoms with Crippen LogP contribution in [0, 0.1) is 0 Å². The maximum Gasteiger partial charge on any atom is 0.335 e. The Morgan fingerprint density at radius 3 is 2.24 bits per heavy atom. The van der Waals surface area contributed by atoms with Gasteiger partial charge in [-0.05, 0) is 64.5 Å². The standard InChI is InChI=1S/C16H24N2O3/c1-12(2)18(3)11-5-4-10-17-15(19)13-6-8-14(9-7-13)16(20)21/h6-9,12H,4-5,10-11H2,1-3H3,(H,17,19)(H,20,21). The fraction of sp³-hybridized carbons (Fsp3) is 0.500. The summed E-state index contributed by atoms with van der Waals surface area (Å²) in [7, 11) is 2.09. The number of aromatic carboxylic acids is 1. The number of unbranched alkanes of at least 4 members (excludes halogenated alkanes) is 1. The molecule has 0 aromatic heterocycles. The lowest BCUT2D eigenvalue weighted by molar-refractivity contribution is 0.0696. The van der Waals surface area contributed by atoms with Crippen molar-refractivity contribution in [3.63, 3.8) is 0 Å². The van der Waals surface area contributed by atoms with Gasteiger partial charge in [-0.25, -0.2) is 4.79 Å². The summed E-state index contributed by atoms with van der Waals surface area (Å²) in [5.74, 6) is -1.15. The van der Waals surface area contributed by atoms with E-state index in [1.165, 1.54) is 24.3 Å². The molecule has 0 heterocycles. The molecule has 0 aliphatic heterocycles. The molecule has 1 aromatic rings. The van der Waals surface area contributed by atoms with Gasteiger partial charge in [-0.2, -0.15) is 0 Å². The number of carbonyl (C=O) groups excluding carboxylic acids is 1. The molecule has 0 aliphatic carbocycles. The summed E-state index contributed by atoms with van der Waals surface area (Å²) in [5, 5.41) is 11.6. The van der Waals surface area contributed by atoms with Crippen LogP contribution in [0.2, 0.25) is 0 Å². The maximum absolute atomic E-state index is 11.9. The number of nitrogens with one attached hydrogen (secondary N) is 1. The molecule has 5 nitrogen and oxygen atoms in total. The van der Waals surface area contributed by atoms with Crippen molar-refractivity contribution in [3.8, 4) is 0 Å². The third-order valence-electron chi connectivity index (χ3n) is 3.50. The molecule has 116 valence electrons. The fourth-order valence-corrected chi connectivity index (χ4v) is 1.81. The Morgan fingerprint density at radius 2 is 1.71 bits per heavy atom. The summed E-state index contributed by atoms with van der Waals surface area (Å²) in [6, 6.07) is 6.48. The Hall–Kier alpha value is -1.88. The first-order chi connectivity index (χ1) is 9.91. The van der Waals surface area contributed by atoms with Crippen LogP contribution in [0.5, 0.6) is 0 Å². The molecule has 0 atom stereocenters. The molecule has 0 fully saturated rings. The molecule has 1 rings (SSSR count). The van der Waals surface area contributed by atoms with Gasteiger partial charge in [0.25, 0.3) is 5.91 Å². The molecular weight excluding hydrogens is 268 g/mol. The van der Waals surface area contributed by atoms with Gasteiger partial charge >= 0.3 is 5.97 Å². The van der Waals surface area contributed by atoms with Crippen LogP contribution in [0.15, 0.2) is 24.3 Å². The minimum atomic E-state index is -0.990. The summed E-state index contributed by atoms with van der Waals surface area (Å²) in [6.45, 7) is 5.96. The minimum absolute atomic E-state index is 0.163. The van der Waals surface area contributed by atoms with Crippen LogP contribution in [0.4, 0.5) is 0 Å². The normalized spacial score (nSPS) is 10.9. The largest absolute Gasteiger partial charge is 0.478 e. The molecule has 0 saturated carbocycles. The van der Waals surface area contributed by atoms with Crippen LogP contribution >= 0.6 is 0 Å². The van der Waals surface area contributed by atoms with E-state index in [-0.39, 0.29) is 11.5 Å². The Labute approximate surface area is 126 Å². The molecular formula is C16H24N2O3. The van der Waals surface area contributed by atoms with E-state index in [4.69, 9.17) is 5.11 Å². The number of rotatable bonds is 8. The number of nitrogens with zero attached hydrogens (tertiary/aromatic N) is 1. The second-order valence-electron chi connectivity index (χ2n) is 5.42. The third kappa shape index (κ3) is 5.95. The van der Waals surface area contributed by atoms with Crippen molar-refractivity contribution in [3.05, 3.63) is 35.4 Å². The van der Waals surface area contributed by atoms with Crippen LogP contribution in [0.3, 0.4) is 0 Å². The maximum atomic E-state index is 11.9. The van der Waals surface area contributed by atoms with Gasteiger partial charge in [0, 0.05) is 18.2 Å². The van der Waals surface area contributed by atoms with Crippen molar-refractivity contribution >= 4 is 11.9 Å². The lowest BCUT2D eigenvalue weighted by Crippen LogP contribution is -2.29. The molecule has 0 unspecified atom stereocenters. The number of benzene rings is 1. The predicted molar refractivity (Wildman–Crippen MR) is 82.7 cm³/mol. The van der Waals surface area contributed by atoms with E-state index in [1.807, 2.05) is 0 Å². The van der Waals surface area contributed by atoms with Gasteiger partial charge < -0.3 is 15.3 Å². The van der Waals surface area contributed by atoms with E-state index in [2.05, 4.69) is 31.1 Å². The van der Waals surface area contributed by atoms with Gasteiger partial charge in [0.1, 0.15) is 0 Å². The number of carboxylic acids is 1. The highest BCUT2D eigenvalue weighted by molar-refractivity contribution is 5.95. The molecule has 1 aromatic carbocycles. The molecule has 0 spiro atoms. The van der Waals surface area contributed by atoms with E-state index in [0.717, 1.165) is 19.4 Å². The average Bonchev–Trinajstić information content (AvgIpc) is 2.46. The van der Waals surface area contributed by atoms with Gasteiger partial charge in [0.05, 0.1) is 5.56 Å². The molecule has 1 amide bonds. The van der Waals surface area contributed by atoms with E-state index in [9.17, 15) is 9.59 Å². The highest BCUT2D eigenvalue weighted by Crippen LogP contribution is 2.04. The molecule has 0 aliphatic rings. The summed E-state index contributed by atoms with van der Waals surface area (Å²) in [4.78, 5) is 24.9. The lowest BCUT2D eigenvalue weighted by atomic mass is 10.1. The Morgan fingerprint density at radius 1 is 1.14 bits per heavy atom. The van der Waals surface area contributed by atoms with E-state index >= 15 is 0 Å². The first-order valence-electron chi connectivity index (χ1n) is 7.23. The smallest absolute Gasteiger partial charge is 0.335 e. The van der Waals surface area contributed by atoms with E-state index in [1.54, 1.807) is 0 Å². The number of amides is 1. The molecule has 0 saturated heterocycles. The first-order valence-corrected chi connectivity index (χ1v) is 7.23. The SMILES string of the molecule is CC(C)N(C)CCCCNC(=O)c1ccc(C(=O)O)cc1. The van der Waals surface area contributed by atoms with Crippen LogP contribution in [-0.2, 0) is 0 Å².